The van der Waals surface area contributed by atoms with Gasteiger partial charge in [0.15, 0.2) is 12.4 Å². The lowest BCUT2D eigenvalue weighted by molar-refractivity contribution is -0.305. The van der Waals surface area contributed by atoms with Gasteiger partial charge in [0.25, 0.3) is 0 Å². The summed E-state index contributed by atoms with van der Waals surface area (Å²) in [7, 11) is 0. The van der Waals surface area contributed by atoms with E-state index in [9.17, 15) is 35.1 Å². The second-order valence-electron chi connectivity index (χ2n) is 22.5. The number of hydrogen-bond donors (Lipinski definition) is 6. The summed E-state index contributed by atoms with van der Waals surface area (Å²) in [6.07, 6.45) is 63.3. The van der Waals surface area contributed by atoms with Crippen LogP contribution in [0.15, 0.2) is 85.1 Å². The van der Waals surface area contributed by atoms with E-state index in [1.165, 1.54) is 116 Å². The van der Waals surface area contributed by atoms with Gasteiger partial charge in [-0.25, -0.2) is 0 Å². The SMILES string of the molecule is CC/C=C\C/C=C\C/C=C\C/C=C\C/C=C\C/C=C\CCCCCCCCCC(O)C(=O)NC(COC1OC(CO)C(O)C(O)C1OC(=O)CCCCCCCCCCCCCCC)C(O)/C=C/CCCCCCCCCCCC. The predicted octanol–water partition coefficient (Wildman–Crippen LogP) is 16.1. The van der Waals surface area contributed by atoms with Crippen molar-refractivity contribution in [3.05, 3.63) is 85.1 Å². The van der Waals surface area contributed by atoms with Gasteiger partial charge < -0.3 is 45.1 Å². The van der Waals surface area contributed by atoms with E-state index in [0.29, 0.717) is 12.8 Å². The fourth-order valence-corrected chi connectivity index (χ4v) is 9.89. The highest BCUT2D eigenvalue weighted by atomic mass is 16.7. The Morgan fingerprint density at radius 3 is 1.35 bits per heavy atom. The molecule has 1 amide bonds. The Hall–Kier alpha value is -3.16. The molecule has 0 saturated carbocycles. The van der Waals surface area contributed by atoms with Gasteiger partial charge in [-0.3, -0.25) is 9.59 Å². The van der Waals surface area contributed by atoms with Crippen LogP contribution in [0.4, 0.5) is 0 Å². The van der Waals surface area contributed by atoms with Gasteiger partial charge in [-0.15, -0.1) is 0 Å². The highest BCUT2D eigenvalue weighted by molar-refractivity contribution is 5.80. The summed E-state index contributed by atoms with van der Waals surface area (Å²) >= 11 is 0. The number of esters is 1. The third-order valence-electron chi connectivity index (χ3n) is 15.1. The first-order valence-electron chi connectivity index (χ1n) is 32.9. The van der Waals surface area contributed by atoms with Gasteiger partial charge >= 0.3 is 5.97 Å². The molecule has 1 saturated heterocycles. The van der Waals surface area contributed by atoms with Crippen LogP contribution in [-0.4, -0.2) is 99.6 Å². The van der Waals surface area contributed by atoms with Crippen LogP contribution in [0.3, 0.4) is 0 Å². The van der Waals surface area contributed by atoms with Crippen LogP contribution in [0.5, 0.6) is 0 Å². The molecule has 0 spiro atoms. The number of rotatable bonds is 55. The van der Waals surface area contributed by atoms with Gasteiger partial charge in [-0.2, -0.15) is 0 Å². The Morgan fingerprint density at radius 2 is 0.900 bits per heavy atom. The van der Waals surface area contributed by atoms with Gasteiger partial charge in [0, 0.05) is 6.42 Å². The third-order valence-corrected chi connectivity index (χ3v) is 15.1. The molecule has 8 unspecified atom stereocenters. The number of carbonyl (C=O) groups excluding carboxylic acids is 2. The molecule has 0 aromatic heterocycles. The third kappa shape index (κ3) is 43.5. The van der Waals surface area contributed by atoms with E-state index in [1.807, 2.05) is 6.08 Å². The number of aliphatic hydroxyl groups excluding tert-OH is 5. The van der Waals surface area contributed by atoms with Crippen LogP contribution in [0.1, 0.15) is 278 Å². The van der Waals surface area contributed by atoms with Crippen molar-refractivity contribution >= 4 is 11.9 Å². The molecule has 8 atom stereocenters. The summed E-state index contributed by atoms with van der Waals surface area (Å²) in [5.41, 5.74) is 0. The summed E-state index contributed by atoms with van der Waals surface area (Å²) < 4.78 is 17.6. The van der Waals surface area contributed by atoms with E-state index >= 15 is 0 Å². The van der Waals surface area contributed by atoms with Crippen molar-refractivity contribution in [3.63, 3.8) is 0 Å². The molecule has 1 fully saturated rings. The number of amides is 1. The van der Waals surface area contributed by atoms with E-state index in [0.717, 1.165) is 116 Å². The molecule has 0 aliphatic carbocycles. The second kappa shape index (κ2) is 56.3. The van der Waals surface area contributed by atoms with Crippen LogP contribution in [-0.2, 0) is 23.8 Å². The van der Waals surface area contributed by atoms with Crippen molar-refractivity contribution in [3.8, 4) is 0 Å². The first-order valence-corrected chi connectivity index (χ1v) is 32.9. The highest BCUT2D eigenvalue weighted by Gasteiger charge is 2.47. The standard InChI is InChI=1S/C69H121NO10/c1-4-7-10-13-16-19-22-25-26-27-28-29-30-31-32-33-34-35-36-37-39-41-44-47-50-53-56-62(73)68(77)70-60(61(72)55-52-49-46-43-40-24-21-18-15-12-9-6-3)59-78-69-67(66(76)65(75)63(58-71)79-69)80-64(74)57-54-51-48-45-42-38-23-20-17-14-11-8-5-2/h7,10,16,19,25-26,28-29,31-32,34-35,52,55,60-63,65-67,69,71-73,75-76H,4-6,8-9,11-15,17-18,20-24,27,30,33,36-51,53-54,56-59H2,1-3H3,(H,70,77)/b10-7-,19-16-,26-25-,29-28-,32-31-,35-34-,55-52+. The summed E-state index contributed by atoms with van der Waals surface area (Å²) in [4.78, 5) is 26.6. The van der Waals surface area contributed by atoms with Crippen molar-refractivity contribution in [1.82, 2.24) is 5.32 Å². The largest absolute Gasteiger partial charge is 0.454 e. The fraction of sp³-hybridized carbons (Fsp3) is 0.768. The fourth-order valence-electron chi connectivity index (χ4n) is 9.89. The van der Waals surface area contributed by atoms with Crippen LogP contribution in [0.2, 0.25) is 0 Å². The summed E-state index contributed by atoms with van der Waals surface area (Å²) in [6.45, 7) is 5.67. The number of aliphatic hydroxyl groups is 5. The molecule has 6 N–H and O–H groups in total. The lowest BCUT2D eigenvalue weighted by Gasteiger charge is -2.41. The molecule has 1 heterocycles. The van der Waals surface area contributed by atoms with Gasteiger partial charge in [-0.05, 0) is 77.0 Å². The smallest absolute Gasteiger partial charge is 0.306 e. The lowest BCUT2D eigenvalue weighted by Crippen LogP contribution is -2.61. The van der Waals surface area contributed by atoms with Crippen LogP contribution < -0.4 is 5.32 Å². The minimum Gasteiger partial charge on any atom is -0.454 e. The minimum absolute atomic E-state index is 0.123. The Bertz CT molecular complexity index is 1620. The predicted molar refractivity (Wildman–Crippen MR) is 333 cm³/mol. The number of unbranched alkanes of at least 4 members (excludes halogenated alkanes) is 29. The van der Waals surface area contributed by atoms with E-state index in [2.05, 4.69) is 99.0 Å². The second-order valence-corrected chi connectivity index (χ2v) is 22.5. The zero-order chi connectivity index (χ0) is 58.2. The van der Waals surface area contributed by atoms with Crippen molar-refractivity contribution in [2.24, 2.45) is 0 Å². The highest BCUT2D eigenvalue weighted by Crippen LogP contribution is 2.26. The minimum atomic E-state index is -1.62. The van der Waals surface area contributed by atoms with Crippen molar-refractivity contribution < 1.29 is 49.3 Å². The lowest BCUT2D eigenvalue weighted by atomic mass is 9.99. The van der Waals surface area contributed by atoms with E-state index in [4.69, 9.17) is 14.2 Å². The monoisotopic (exact) mass is 1120 g/mol. The number of nitrogens with one attached hydrogen (secondary N) is 1. The van der Waals surface area contributed by atoms with Crippen molar-refractivity contribution in [1.29, 1.82) is 0 Å². The first kappa shape index (κ1) is 74.9. The van der Waals surface area contributed by atoms with Crippen LogP contribution in [0.25, 0.3) is 0 Å². The zero-order valence-corrected chi connectivity index (χ0v) is 51.2. The Balaban J connectivity index is 2.61. The van der Waals surface area contributed by atoms with Crippen LogP contribution >= 0.6 is 0 Å². The van der Waals surface area contributed by atoms with E-state index in [-0.39, 0.29) is 19.4 Å². The Morgan fingerprint density at radius 1 is 0.500 bits per heavy atom. The number of ether oxygens (including phenoxy) is 3. The van der Waals surface area contributed by atoms with Gasteiger partial charge in [0.2, 0.25) is 5.91 Å². The number of allylic oxidation sites excluding steroid dienone is 13. The van der Waals surface area contributed by atoms with Gasteiger partial charge in [0.05, 0.1) is 25.4 Å². The first-order chi connectivity index (χ1) is 39.2. The molecule has 1 aliphatic heterocycles. The molecule has 462 valence electrons. The molecule has 0 bridgehead atoms. The average Bonchev–Trinajstić information content (AvgIpc) is 3.51. The molecular weight excluding hydrogens is 1000 g/mol. The zero-order valence-electron chi connectivity index (χ0n) is 51.2. The molecule has 0 aromatic rings. The van der Waals surface area contributed by atoms with Crippen molar-refractivity contribution in [2.75, 3.05) is 13.2 Å². The molecule has 1 rings (SSSR count). The molecule has 80 heavy (non-hydrogen) atoms. The molecule has 0 radical (unpaired) electrons. The maximum atomic E-state index is 13.5. The van der Waals surface area contributed by atoms with E-state index < -0.39 is 67.4 Å². The topological polar surface area (TPSA) is 175 Å². The molecule has 0 aromatic carbocycles. The quantitative estimate of drug-likeness (QED) is 0.0195. The van der Waals surface area contributed by atoms with Crippen molar-refractivity contribution in [2.45, 2.75) is 327 Å². The van der Waals surface area contributed by atoms with E-state index in [1.54, 1.807) is 6.08 Å². The number of carbonyl (C=O) groups is 2. The summed E-state index contributed by atoms with van der Waals surface area (Å²) in [6, 6.07) is -1.03. The van der Waals surface area contributed by atoms with Crippen LogP contribution in [0, 0.1) is 0 Å². The Kier molecular flexibility index (Phi) is 52.7. The maximum absolute atomic E-state index is 13.5. The molecule has 11 heteroatoms. The molecular formula is C69H121NO10. The molecule has 1 aliphatic rings. The normalized spacial score (nSPS) is 19.3. The van der Waals surface area contributed by atoms with Gasteiger partial charge in [0.1, 0.15) is 24.4 Å². The summed E-state index contributed by atoms with van der Waals surface area (Å²) in [5, 5.41) is 57.0. The maximum Gasteiger partial charge on any atom is 0.306 e. The number of hydrogen-bond acceptors (Lipinski definition) is 10. The van der Waals surface area contributed by atoms with Gasteiger partial charge in [-0.1, -0.05) is 279 Å². The average molecular weight is 1120 g/mol. The molecule has 11 nitrogen and oxygen atoms in total. The summed E-state index contributed by atoms with van der Waals surface area (Å²) in [5.74, 6) is -1.20. The Labute approximate surface area is 489 Å².